The third-order valence-electron chi connectivity index (χ3n) is 2.13. The molecule has 0 saturated heterocycles. The summed E-state index contributed by atoms with van der Waals surface area (Å²) in [6.07, 6.45) is 8.86. The maximum Gasteiger partial charge on any atom is -0.0254 e. The molecule has 0 aromatic heterocycles. The fourth-order valence-electron chi connectivity index (χ4n) is 1.30. The Labute approximate surface area is 87.0 Å². The topological polar surface area (TPSA) is 0 Å². The van der Waals surface area contributed by atoms with Gasteiger partial charge in [0.2, 0.25) is 0 Å². The lowest BCUT2D eigenvalue weighted by molar-refractivity contribution is 1.14. The smallest absolute Gasteiger partial charge is 0.0254 e. The van der Waals surface area contributed by atoms with Crippen molar-refractivity contribution >= 4 is 6.08 Å². The number of allylic oxidation sites excluding steroid dienone is 3. The normalized spacial score (nSPS) is 12.3. The summed E-state index contributed by atoms with van der Waals surface area (Å²) in [6.45, 7) is 4.35. The van der Waals surface area contributed by atoms with Gasteiger partial charge in [-0.3, -0.25) is 0 Å². The third kappa shape index (κ3) is 3.61. The Morgan fingerprint density at radius 1 is 1.14 bits per heavy atom. The molecular weight excluding hydrogens is 168 g/mol. The minimum atomic E-state index is 1.09. The summed E-state index contributed by atoms with van der Waals surface area (Å²) >= 11 is 0. The van der Waals surface area contributed by atoms with E-state index in [0.29, 0.717) is 0 Å². The fourth-order valence-corrected chi connectivity index (χ4v) is 1.30. The third-order valence-corrected chi connectivity index (χ3v) is 2.13. The first kappa shape index (κ1) is 10.8. The zero-order chi connectivity index (χ0) is 10.2. The fraction of sp³-hybridized carbons (Fsp3) is 0.286. The minimum Gasteiger partial charge on any atom is -0.0845 e. The summed E-state index contributed by atoms with van der Waals surface area (Å²) in [4.78, 5) is 0. The molecule has 0 amide bonds. The Morgan fingerprint density at radius 2 is 1.86 bits per heavy atom. The van der Waals surface area contributed by atoms with E-state index in [1.165, 1.54) is 11.1 Å². The summed E-state index contributed by atoms with van der Waals surface area (Å²) in [6, 6.07) is 10.5. The molecule has 0 unspecified atom stereocenters. The van der Waals surface area contributed by atoms with Gasteiger partial charge >= 0.3 is 0 Å². The molecule has 0 N–H and O–H groups in total. The summed E-state index contributed by atoms with van der Waals surface area (Å²) < 4.78 is 0. The summed E-state index contributed by atoms with van der Waals surface area (Å²) in [7, 11) is 0. The molecule has 0 bridgehead atoms. The molecule has 0 atom stereocenters. The van der Waals surface area contributed by atoms with E-state index in [-0.39, 0.29) is 0 Å². The second kappa shape index (κ2) is 6.20. The van der Waals surface area contributed by atoms with Crippen LogP contribution in [-0.2, 0) is 0 Å². The molecule has 1 aromatic rings. The maximum absolute atomic E-state index is 2.24. The van der Waals surface area contributed by atoms with Crippen molar-refractivity contribution in [3.8, 4) is 0 Å². The van der Waals surface area contributed by atoms with E-state index >= 15 is 0 Å². The Balaban J connectivity index is 2.79. The molecule has 14 heavy (non-hydrogen) atoms. The van der Waals surface area contributed by atoms with Crippen molar-refractivity contribution in [2.75, 3.05) is 0 Å². The lowest BCUT2D eigenvalue weighted by Gasteiger charge is -1.97. The van der Waals surface area contributed by atoms with Gasteiger partial charge in [0.25, 0.3) is 0 Å². The molecule has 0 radical (unpaired) electrons. The average Bonchev–Trinajstić information content (AvgIpc) is 2.25. The molecule has 0 heterocycles. The Bertz CT molecular complexity index is 304. The Hall–Kier alpha value is -1.30. The molecule has 0 saturated carbocycles. The second-order valence-electron chi connectivity index (χ2n) is 3.29. The first-order valence-electron chi connectivity index (χ1n) is 5.29. The van der Waals surface area contributed by atoms with Crippen LogP contribution in [-0.4, -0.2) is 0 Å². The van der Waals surface area contributed by atoms with Crippen LogP contribution in [0.1, 0.15) is 32.3 Å². The van der Waals surface area contributed by atoms with Crippen LogP contribution in [0.5, 0.6) is 0 Å². The van der Waals surface area contributed by atoms with Gasteiger partial charge in [-0.25, -0.2) is 0 Å². The highest BCUT2D eigenvalue weighted by Crippen LogP contribution is 2.10. The van der Waals surface area contributed by atoms with Gasteiger partial charge in [0.15, 0.2) is 0 Å². The van der Waals surface area contributed by atoms with Gasteiger partial charge in [-0.15, -0.1) is 0 Å². The van der Waals surface area contributed by atoms with Crippen LogP contribution in [0, 0.1) is 0 Å². The quantitative estimate of drug-likeness (QED) is 0.609. The Morgan fingerprint density at radius 3 is 2.43 bits per heavy atom. The number of hydrogen-bond donors (Lipinski definition) is 0. The van der Waals surface area contributed by atoms with Crippen LogP contribution in [0.15, 0.2) is 48.1 Å². The zero-order valence-corrected chi connectivity index (χ0v) is 9.03. The predicted molar refractivity (Wildman–Crippen MR) is 64.1 cm³/mol. The SMILES string of the molecule is CC/C=C/C(=C/c1ccccc1)CC. The van der Waals surface area contributed by atoms with Crippen LogP contribution >= 0.6 is 0 Å². The van der Waals surface area contributed by atoms with Gasteiger partial charge in [-0.1, -0.05) is 62.4 Å². The first-order chi connectivity index (χ1) is 6.86. The molecule has 0 heteroatoms. The van der Waals surface area contributed by atoms with Crippen LogP contribution < -0.4 is 0 Å². The van der Waals surface area contributed by atoms with E-state index in [0.717, 1.165) is 12.8 Å². The van der Waals surface area contributed by atoms with Gasteiger partial charge in [0, 0.05) is 0 Å². The van der Waals surface area contributed by atoms with Crippen molar-refractivity contribution < 1.29 is 0 Å². The molecule has 0 nitrogen and oxygen atoms in total. The van der Waals surface area contributed by atoms with Crippen molar-refractivity contribution in [1.29, 1.82) is 0 Å². The van der Waals surface area contributed by atoms with Crippen LogP contribution in [0.4, 0.5) is 0 Å². The van der Waals surface area contributed by atoms with Crippen molar-refractivity contribution in [3.63, 3.8) is 0 Å². The molecule has 1 rings (SSSR count). The van der Waals surface area contributed by atoms with E-state index in [4.69, 9.17) is 0 Å². The van der Waals surface area contributed by atoms with Crippen LogP contribution in [0.3, 0.4) is 0 Å². The highest BCUT2D eigenvalue weighted by Gasteiger charge is 1.89. The van der Waals surface area contributed by atoms with Crippen molar-refractivity contribution in [2.24, 2.45) is 0 Å². The monoisotopic (exact) mass is 186 g/mol. The van der Waals surface area contributed by atoms with E-state index in [1.807, 2.05) is 6.07 Å². The average molecular weight is 186 g/mol. The summed E-state index contributed by atoms with van der Waals surface area (Å²) in [5.74, 6) is 0. The van der Waals surface area contributed by atoms with Crippen LogP contribution in [0.2, 0.25) is 0 Å². The highest BCUT2D eigenvalue weighted by atomic mass is 13.9. The van der Waals surface area contributed by atoms with Gasteiger partial charge in [-0.2, -0.15) is 0 Å². The molecule has 0 fully saturated rings. The highest BCUT2D eigenvalue weighted by molar-refractivity contribution is 5.55. The number of hydrogen-bond acceptors (Lipinski definition) is 0. The minimum absolute atomic E-state index is 1.09. The Kier molecular flexibility index (Phi) is 4.77. The van der Waals surface area contributed by atoms with Crippen molar-refractivity contribution in [2.45, 2.75) is 26.7 Å². The number of benzene rings is 1. The molecule has 0 aliphatic carbocycles. The van der Waals surface area contributed by atoms with Gasteiger partial charge in [0.1, 0.15) is 0 Å². The predicted octanol–water partition coefficient (Wildman–Crippen LogP) is 4.45. The van der Waals surface area contributed by atoms with E-state index < -0.39 is 0 Å². The first-order valence-corrected chi connectivity index (χ1v) is 5.29. The molecule has 0 spiro atoms. The second-order valence-corrected chi connectivity index (χ2v) is 3.29. The maximum atomic E-state index is 2.24. The summed E-state index contributed by atoms with van der Waals surface area (Å²) in [5.41, 5.74) is 2.67. The molecule has 1 aromatic carbocycles. The number of rotatable bonds is 4. The zero-order valence-electron chi connectivity index (χ0n) is 9.03. The lowest BCUT2D eigenvalue weighted by atomic mass is 10.1. The lowest BCUT2D eigenvalue weighted by Crippen LogP contribution is -1.76. The van der Waals surface area contributed by atoms with Crippen molar-refractivity contribution in [3.05, 3.63) is 53.6 Å². The molecule has 74 valence electrons. The largest absolute Gasteiger partial charge is 0.0845 e. The van der Waals surface area contributed by atoms with Gasteiger partial charge in [-0.05, 0) is 24.0 Å². The van der Waals surface area contributed by atoms with E-state index in [9.17, 15) is 0 Å². The molecule has 0 aliphatic rings. The van der Waals surface area contributed by atoms with Gasteiger partial charge < -0.3 is 0 Å². The van der Waals surface area contributed by atoms with Crippen LogP contribution in [0.25, 0.3) is 6.08 Å². The van der Waals surface area contributed by atoms with Gasteiger partial charge in [0.05, 0.1) is 0 Å². The van der Waals surface area contributed by atoms with E-state index in [1.54, 1.807) is 0 Å². The van der Waals surface area contributed by atoms with Crippen molar-refractivity contribution in [1.82, 2.24) is 0 Å². The van der Waals surface area contributed by atoms with E-state index in [2.05, 4.69) is 56.3 Å². The molecular formula is C14H18. The standard InChI is InChI=1S/C14H18/c1-3-5-9-13(4-2)12-14-10-7-6-8-11-14/h5-12H,3-4H2,1-2H3/b9-5+,13-12+. The molecule has 0 aliphatic heterocycles. The summed E-state index contributed by atoms with van der Waals surface area (Å²) in [5, 5.41) is 0.